The van der Waals surface area contributed by atoms with Crippen LogP contribution in [0.25, 0.3) is 0 Å². The number of ether oxygens (including phenoxy) is 5. The lowest BCUT2D eigenvalue weighted by Gasteiger charge is -2.42. The molecule has 0 saturated carbocycles. The van der Waals surface area contributed by atoms with Gasteiger partial charge in [0, 0.05) is 0 Å². The van der Waals surface area contributed by atoms with Crippen LogP contribution in [0.15, 0.2) is 121 Å². The molecule has 5 nitrogen and oxygen atoms in total. The van der Waals surface area contributed by atoms with E-state index in [1.807, 2.05) is 97.1 Å². The molecule has 0 spiro atoms. The second kappa shape index (κ2) is 14.0. The predicted octanol–water partition coefficient (Wildman–Crippen LogP) is 6.32. The van der Waals surface area contributed by atoms with Crippen LogP contribution in [0, 0.1) is 0 Å². The van der Waals surface area contributed by atoms with Gasteiger partial charge >= 0.3 is 0 Å². The summed E-state index contributed by atoms with van der Waals surface area (Å²) in [4.78, 5) is 0. The fourth-order valence-corrected chi connectivity index (χ4v) is 4.47. The van der Waals surface area contributed by atoms with Crippen molar-refractivity contribution in [1.82, 2.24) is 0 Å². The summed E-state index contributed by atoms with van der Waals surface area (Å²) in [5, 5.41) is 0. The maximum Gasteiger partial charge on any atom is 0.186 e. The third-order valence-electron chi connectivity index (χ3n) is 6.52. The molecule has 1 aliphatic heterocycles. The summed E-state index contributed by atoms with van der Waals surface area (Å²) in [7, 11) is 0. The first kappa shape index (κ1) is 26.3. The zero-order valence-electron chi connectivity index (χ0n) is 21.4. The van der Waals surface area contributed by atoms with Crippen molar-refractivity contribution in [2.24, 2.45) is 0 Å². The Kier molecular flexibility index (Phi) is 9.69. The molecular weight excluding hydrogens is 476 g/mol. The summed E-state index contributed by atoms with van der Waals surface area (Å²) in [5.41, 5.74) is 4.33. The van der Waals surface area contributed by atoms with Crippen LogP contribution in [0.5, 0.6) is 0 Å². The molecule has 1 fully saturated rings. The number of hydrogen-bond donors (Lipinski definition) is 0. The van der Waals surface area contributed by atoms with Crippen molar-refractivity contribution < 1.29 is 23.7 Å². The maximum atomic E-state index is 6.54. The molecule has 2 unspecified atom stereocenters. The Hall–Kier alpha value is -3.32. The van der Waals surface area contributed by atoms with Gasteiger partial charge in [-0.3, -0.25) is 0 Å². The fourth-order valence-electron chi connectivity index (χ4n) is 4.47. The van der Waals surface area contributed by atoms with Gasteiger partial charge in [-0.05, 0) is 22.3 Å². The van der Waals surface area contributed by atoms with Gasteiger partial charge in [0.15, 0.2) is 6.29 Å². The first-order valence-corrected chi connectivity index (χ1v) is 13.1. The summed E-state index contributed by atoms with van der Waals surface area (Å²) in [6.45, 7) is 2.07. The van der Waals surface area contributed by atoms with Gasteiger partial charge in [-0.25, -0.2) is 0 Å². The van der Waals surface area contributed by atoms with Crippen LogP contribution in [0.1, 0.15) is 22.3 Å². The Balaban J connectivity index is 1.35. The highest BCUT2D eigenvalue weighted by Gasteiger charge is 2.43. The number of rotatable bonds is 12. The van der Waals surface area contributed by atoms with Gasteiger partial charge in [0.2, 0.25) is 0 Å². The lowest BCUT2D eigenvalue weighted by atomic mass is 10.0. The van der Waals surface area contributed by atoms with Crippen molar-refractivity contribution in [3.63, 3.8) is 0 Å². The monoisotopic (exact) mass is 510 g/mol. The van der Waals surface area contributed by atoms with Gasteiger partial charge in [-0.1, -0.05) is 121 Å². The molecule has 4 aromatic rings. The summed E-state index contributed by atoms with van der Waals surface area (Å²) < 4.78 is 31.9. The van der Waals surface area contributed by atoms with Gasteiger partial charge < -0.3 is 23.7 Å². The molecule has 196 valence electrons. The highest BCUT2D eigenvalue weighted by molar-refractivity contribution is 5.16. The average Bonchev–Trinajstić information content (AvgIpc) is 2.99. The average molecular weight is 511 g/mol. The van der Waals surface area contributed by atoms with E-state index in [2.05, 4.69) is 24.3 Å². The third kappa shape index (κ3) is 7.60. The van der Waals surface area contributed by atoms with E-state index in [1.165, 1.54) is 0 Å². The SMILES string of the molecule is c1ccc(COC2C(OCc3ccccc3)[C@H](OCc3ccccc3)CO[C@H]2OCc2ccccc2)cc1. The highest BCUT2D eigenvalue weighted by atomic mass is 16.7. The topological polar surface area (TPSA) is 46.2 Å². The zero-order valence-corrected chi connectivity index (χ0v) is 21.4. The highest BCUT2D eigenvalue weighted by Crippen LogP contribution is 2.28. The van der Waals surface area contributed by atoms with Crippen molar-refractivity contribution >= 4 is 0 Å². The second-order valence-electron chi connectivity index (χ2n) is 9.36. The van der Waals surface area contributed by atoms with E-state index in [9.17, 15) is 0 Å². The fraction of sp³-hybridized carbons (Fsp3) is 0.273. The van der Waals surface area contributed by atoms with Crippen LogP contribution < -0.4 is 0 Å². The minimum atomic E-state index is -0.601. The second-order valence-corrected chi connectivity index (χ2v) is 9.36. The van der Waals surface area contributed by atoms with Gasteiger partial charge in [0.25, 0.3) is 0 Å². The molecule has 1 heterocycles. The molecule has 0 aliphatic carbocycles. The minimum Gasteiger partial charge on any atom is -0.368 e. The lowest BCUT2D eigenvalue weighted by molar-refractivity contribution is -0.302. The van der Waals surface area contributed by atoms with E-state index in [0.717, 1.165) is 22.3 Å². The Morgan fingerprint density at radius 2 is 0.816 bits per heavy atom. The van der Waals surface area contributed by atoms with Gasteiger partial charge in [-0.2, -0.15) is 0 Å². The molecule has 38 heavy (non-hydrogen) atoms. The molecule has 0 N–H and O–H groups in total. The lowest BCUT2D eigenvalue weighted by Crippen LogP contribution is -2.56. The van der Waals surface area contributed by atoms with Crippen LogP contribution in [0.4, 0.5) is 0 Å². The Labute approximate surface area is 224 Å². The molecule has 5 rings (SSSR count). The van der Waals surface area contributed by atoms with Gasteiger partial charge in [0.05, 0.1) is 33.0 Å². The summed E-state index contributed by atoms with van der Waals surface area (Å²) in [6, 6.07) is 40.5. The largest absolute Gasteiger partial charge is 0.368 e. The quantitative estimate of drug-likeness (QED) is 0.223. The molecule has 0 bridgehead atoms. The summed E-state index contributed by atoms with van der Waals surface area (Å²) in [5.74, 6) is 0. The molecule has 5 heteroatoms. The van der Waals surface area contributed by atoms with Crippen molar-refractivity contribution in [3.8, 4) is 0 Å². The van der Waals surface area contributed by atoms with E-state index in [-0.39, 0.29) is 6.10 Å². The van der Waals surface area contributed by atoms with Crippen molar-refractivity contribution in [2.45, 2.75) is 51.0 Å². The van der Waals surface area contributed by atoms with Crippen LogP contribution in [0.3, 0.4) is 0 Å². The smallest absolute Gasteiger partial charge is 0.186 e. The molecule has 0 radical (unpaired) electrons. The first-order valence-electron chi connectivity index (χ1n) is 13.1. The Morgan fingerprint density at radius 3 is 1.26 bits per heavy atom. The molecule has 0 aromatic heterocycles. The van der Waals surface area contributed by atoms with E-state index < -0.39 is 18.5 Å². The van der Waals surface area contributed by atoms with Gasteiger partial charge in [0.1, 0.15) is 18.3 Å². The summed E-state index contributed by atoms with van der Waals surface area (Å²) >= 11 is 0. The standard InChI is InChI=1S/C33H34O5/c1-5-13-26(14-6-1)21-34-30-25-38-33(37-24-29-19-11-4-12-20-29)32(36-23-28-17-9-3-10-18-28)31(30)35-22-27-15-7-2-8-16-27/h1-20,30-33H,21-25H2/t30-,31?,32?,33-/m1/s1. The molecule has 0 amide bonds. The molecule has 1 aliphatic rings. The third-order valence-corrected chi connectivity index (χ3v) is 6.52. The van der Waals surface area contributed by atoms with Crippen LogP contribution in [0.2, 0.25) is 0 Å². The van der Waals surface area contributed by atoms with E-state index in [1.54, 1.807) is 0 Å². The van der Waals surface area contributed by atoms with E-state index in [4.69, 9.17) is 23.7 Å². The van der Waals surface area contributed by atoms with Crippen LogP contribution in [-0.2, 0) is 50.1 Å². The normalized spacial score (nSPS) is 21.3. The van der Waals surface area contributed by atoms with E-state index in [0.29, 0.717) is 33.0 Å². The van der Waals surface area contributed by atoms with E-state index >= 15 is 0 Å². The van der Waals surface area contributed by atoms with Crippen LogP contribution in [-0.4, -0.2) is 31.2 Å². The molecule has 4 atom stereocenters. The number of benzene rings is 4. The molecule has 1 saturated heterocycles. The first-order chi connectivity index (χ1) is 18.8. The van der Waals surface area contributed by atoms with Crippen molar-refractivity contribution in [2.75, 3.05) is 6.61 Å². The van der Waals surface area contributed by atoms with Crippen molar-refractivity contribution in [1.29, 1.82) is 0 Å². The zero-order chi connectivity index (χ0) is 25.8. The summed E-state index contributed by atoms with van der Waals surface area (Å²) in [6.07, 6.45) is -1.80. The Morgan fingerprint density at radius 1 is 0.447 bits per heavy atom. The Bertz CT molecular complexity index is 1090. The number of hydrogen-bond acceptors (Lipinski definition) is 5. The van der Waals surface area contributed by atoms with Crippen molar-refractivity contribution in [3.05, 3.63) is 144 Å². The predicted molar refractivity (Wildman–Crippen MR) is 146 cm³/mol. The molecule has 4 aromatic carbocycles. The van der Waals surface area contributed by atoms with Gasteiger partial charge in [-0.15, -0.1) is 0 Å². The molecular formula is C33H34O5. The minimum absolute atomic E-state index is 0.323. The maximum absolute atomic E-state index is 6.54. The van der Waals surface area contributed by atoms with Crippen LogP contribution >= 0.6 is 0 Å².